The molecule has 5 heteroatoms. The van der Waals surface area contributed by atoms with Gasteiger partial charge in [-0.15, -0.1) is 0 Å². The molecule has 0 aromatic heterocycles. The summed E-state index contributed by atoms with van der Waals surface area (Å²) in [6, 6.07) is 0. The highest BCUT2D eigenvalue weighted by atomic mass is 28.4. The van der Waals surface area contributed by atoms with E-state index in [1.807, 2.05) is 0 Å². The smallest absolute Gasteiger partial charge is 0.355 e. The summed E-state index contributed by atoms with van der Waals surface area (Å²) in [5.74, 6) is 0. The molecule has 0 rings (SSSR count). The predicted molar refractivity (Wildman–Crippen MR) is 80.0 cm³/mol. The van der Waals surface area contributed by atoms with Crippen LogP contribution in [0, 0.1) is 0 Å². The van der Waals surface area contributed by atoms with Gasteiger partial charge in [0.2, 0.25) is 0 Å². The lowest BCUT2D eigenvalue weighted by Gasteiger charge is -2.22. The van der Waals surface area contributed by atoms with Gasteiger partial charge in [0.15, 0.2) is 0 Å². The van der Waals surface area contributed by atoms with Gasteiger partial charge in [-0.1, -0.05) is 58.3 Å². The van der Waals surface area contributed by atoms with E-state index in [4.69, 9.17) is 17.7 Å². The molecular formula is C14H32O4Si. The molecule has 0 fully saturated rings. The van der Waals surface area contributed by atoms with Crippen LogP contribution in [0.4, 0.5) is 0 Å². The van der Waals surface area contributed by atoms with Crippen LogP contribution in [0.25, 0.3) is 0 Å². The maximum atomic E-state index is 5.61. The molecule has 0 saturated carbocycles. The molecule has 0 aliphatic rings. The first kappa shape index (κ1) is 19.1. The van der Waals surface area contributed by atoms with Crippen LogP contribution in [0.2, 0.25) is 0 Å². The SMILES string of the molecule is CCCCCCCCCCCO[Si](OC)(OC)OC. The summed E-state index contributed by atoms with van der Waals surface area (Å²) in [6.45, 7) is 2.90. The van der Waals surface area contributed by atoms with Gasteiger partial charge in [0.25, 0.3) is 0 Å². The number of unbranched alkanes of at least 4 members (excludes halogenated alkanes) is 8. The molecular weight excluding hydrogens is 260 g/mol. The van der Waals surface area contributed by atoms with Gasteiger partial charge < -0.3 is 17.7 Å². The van der Waals surface area contributed by atoms with Crippen LogP contribution in [-0.4, -0.2) is 37.0 Å². The quantitative estimate of drug-likeness (QED) is 0.359. The second-order valence-electron chi connectivity index (χ2n) is 4.79. The molecule has 0 aromatic rings. The lowest BCUT2D eigenvalue weighted by atomic mass is 10.1. The number of hydrogen-bond acceptors (Lipinski definition) is 4. The van der Waals surface area contributed by atoms with E-state index in [2.05, 4.69) is 6.92 Å². The van der Waals surface area contributed by atoms with Crippen molar-refractivity contribution in [1.29, 1.82) is 0 Å². The summed E-state index contributed by atoms with van der Waals surface area (Å²) in [5, 5.41) is 0. The minimum absolute atomic E-state index is 0.650. The molecule has 0 bridgehead atoms. The van der Waals surface area contributed by atoms with Gasteiger partial charge in [-0.3, -0.25) is 0 Å². The zero-order chi connectivity index (χ0) is 14.4. The largest absolute Gasteiger partial charge is 0.678 e. The first-order valence-electron chi connectivity index (χ1n) is 7.54. The summed E-state index contributed by atoms with van der Waals surface area (Å²) < 4.78 is 21.2. The first-order valence-corrected chi connectivity index (χ1v) is 9.17. The molecule has 0 unspecified atom stereocenters. The Labute approximate surface area is 120 Å². The van der Waals surface area contributed by atoms with Crippen LogP contribution < -0.4 is 0 Å². The third-order valence-electron chi connectivity index (χ3n) is 3.28. The lowest BCUT2D eigenvalue weighted by Crippen LogP contribution is -2.46. The highest BCUT2D eigenvalue weighted by molar-refractivity contribution is 6.53. The second-order valence-corrected chi connectivity index (χ2v) is 7.30. The average molecular weight is 292 g/mol. The lowest BCUT2D eigenvalue weighted by molar-refractivity contribution is 0.00504. The molecule has 0 N–H and O–H groups in total. The Balaban J connectivity index is 3.35. The van der Waals surface area contributed by atoms with Crippen LogP contribution in [0.5, 0.6) is 0 Å². The highest BCUT2D eigenvalue weighted by Crippen LogP contribution is 2.12. The predicted octanol–water partition coefficient (Wildman–Crippen LogP) is 3.91. The van der Waals surface area contributed by atoms with Crippen molar-refractivity contribution in [2.45, 2.75) is 64.7 Å². The van der Waals surface area contributed by atoms with Crippen LogP contribution in [0.1, 0.15) is 64.7 Å². The van der Waals surface area contributed by atoms with Crippen molar-refractivity contribution in [3.63, 3.8) is 0 Å². The molecule has 0 atom stereocenters. The van der Waals surface area contributed by atoms with E-state index in [-0.39, 0.29) is 0 Å². The summed E-state index contributed by atoms with van der Waals surface area (Å²) in [5.41, 5.74) is 0. The van der Waals surface area contributed by atoms with E-state index in [9.17, 15) is 0 Å². The summed E-state index contributed by atoms with van der Waals surface area (Å²) >= 11 is 0. The summed E-state index contributed by atoms with van der Waals surface area (Å²) in [6.07, 6.45) is 11.7. The molecule has 0 radical (unpaired) electrons. The van der Waals surface area contributed by atoms with Crippen molar-refractivity contribution < 1.29 is 17.7 Å². The van der Waals surface area contributed by atoms with Crippen molar-refractivity contribution in [3.8, 4) is 0 Å². The molecule has 0 spiro atoms. The summed E-state index contributed by atoms with van der Waals surface area (Å²) in [4.78, 5) is 0. The first-order chi connectivity index (χ1) is 9.24. The Morgan fingerprint density at radius 2 is 1.05 bits per heavy atom. The van der Waals surface area contributed by atoms with Crippen LogP contribution >= 0.6 is 0 Å². The maximum Gasteiger partial charge on any atom is 0.678 e. The van der Waals surface area contributed by atoms with Crippen molar-refractivity contribution >= 4 is 9.05 Å². The van der Waals surface area contributed by atoms with Crippen molar-refractivity contribution in [2.24, 2.45) is 0 Å². The van der Waals surface area contributed by atoms with E-state index in [0.717, 1.165) is 6.42 Å². The van der Waals surface area contributed by atoms with Gasteiger partial charge >= 0.3 is 9.05 Å². The third-order valence-corrected chi connectivity index (χ3v) is 5.33. The summed E-state index contributed by atoms with van der Waals surface area (Å²) in [7, 11) is 1.89. The Morgan fingerprint density at radius 1 is 0.632 bits per heavy atom. The zero-order valence-electron chi connectivity index (χ0n) is 13.2. The third kappa shape index (κ3) is 9.57. The van der Waals surface area contributed by atoms with Crippen LogP contribution in [-0.2, 0) is 17.7 Å². The van der Waals surface area contributed by atoms with Crippen molar-refractivity contribution in [3.05, 3.63) is 0 Å². The van der Waals surface area contributed by atoms with Crippen LogP contribution in [0.3, 0.4) is 0 Å². The second kappa shape index (κ2) is 13.1. The Morgan fingerprint density at radius 3 is 1.47 bits per heavy atom. The van der Waals surface area contributed by atoms with Gasteiger partial charge in [-0.2, -0.15) is 0 Å². The van der Waals surface area contributed by atoms with Crippen molar-refractivity contribution in [2.75, 3.05) is 27.9 Å². The van der Waals surface area contributed by atoms with Gasteiger partial charge in [0.05, 0.1) is 0 Å². The van der Waals surface area contributed by atoms with Gasteiger partial charge in [-0.25, -0.2) is 0 Å². The van der Waals surface area contributed by atoms with E-state index in [1.165, 1.54) is 51.4 Å². The Kier molecular flexibility index (Phi) is 13.1. The molecule has 116 valence electrons. The van der Waals surface area contributed by atoms with E-state index in [1.54, 1.807) is 21.3 Å². The number of hydrogen-bond donors (Lipinski definition) is 0. The fourth-order valence-corrected chi connectivity index (χ4v) is 3.28. The molecule has 19 heavy (non-hydrogen) atoms. The monoisotopic (exact) mass is 292 g/mol. The number of rotatable bonds is 14. The standard InChI is InChI=1S/C14H32O4Si/c1-5-6-7-8-9-10-11-12-13-14-18-19(15-2,16-3)17-4/h5-14H2,1-4H3. The van der Waals surface area contributed by atoms with E-state index < -0.39 is 9.05 Å². The fourth-order valence-electron chi connectivity index (χ4n) is 2.04. The van der Waals surface area contributed by atoms with Gasteiger partial charge in [0, 0.05) is 27.9 Å². The van der Waals surface area contributed by atoms with Gasteiger partial charge in [0.1, 0.15) is 0 Å². The maximum absolute atomic E-state index is 5.61. The zero-order valence-corrected chi connectivity index (χ0v) is 14.2. The average Bonchev–Trinajstić information content (AvgIpc) is 2.46. The normalized spacial score (nSPS) is 12.0. The minimum Gasteiger partial charge on any atom is -0.355 e. The topological polar surface area (TPSA) is 36.9 Å². The van der Waals surface area contributed by atoms with Crippen molar-refractivity contribution in [1.82, 2.24) is 0 Å². The minimum atomic E-state index is -2.81. The Bertz CT molecular complexity index is 178. The van der Waals surface area contributed by atoms with Gasteiger partial charge in [-0.05, 0) is 6.42 Å². The van der Waals surface area contributed by atoms with E-state index >= 15 is 0 Å². The fraction of sp³-hybridized carbons (Fsp3) is 1.00. The molecule has 0 heterocycles. The van der Waals surface area contributed by atoms with Crippen LogP contribution in [0.15, 0.2) is 0 Å². The molecule has 0 saturated heterocycles. The molecule has 0 aliphatic carbocycles. The molecule has 0 aromatic carbocycles. The molecule has 4 nitrogen and oxygen atoms in total. The Hall–Kier alpha value is 0.0569. The van der Waals surface area contributed by atoms with E-state index in [0.29, 0.717) is 6.61 Å². The highest BCUT2D eigenvalue weighted by Gasteiger charge is 2.41. The molecule has 0 aliphatic heterocycles. The molecule has 0 amide bonds.